The molecule has 0 unspecified atom stereocenters. The summed E-state index contributed by atoms with van der Waals surface area (Å²) in [4.78, 5) is 0. The van der Waals surface area contributed by atoms with Crippen LogP contribution in [0.3, 0.4) is 0 Å². The molecule has 0 aliphatic heterocycles. The van der Waals surface area contributed by atoms with Crippen LogP contribution in [0, 0.1) is 0 Å². The maximum atomic E-state index is 4.17. The second kappa shape index (κ2) is 4.20. The first-order valence-corrected chi connectivity index (χ1v) is 6.04. The van der Waals surface area contributed by atoms with Crippen molar-refractivity contribution in [1.82, 2.24) is 14.8 Å². The largest absolute Gasteiger partial charge is 0.382 e. The lowest BCUT2D eigenvalue weighted by molar-refractivity contribution is 0.445. The fourth-order valence-corrected chi connectivity index (χ4v) is 2.10. The molecule has 4 heteroatoms. The molecule has 4 nitrogen and oxygen atoms in total. The molecular weight excluding hydrogens is 212 g/mol. The number of rotatable bonds is 3. The monoisotopic (exact) mass is 228 g/mol. The van der Waals surface area contributed by atoms with E-state index in [0.717, 1.165) is 17.1 Å². The molecule has 1 aliphatic rings. The quantitative estimate of drug-likeness (QED) is 0.877. The number of nitrogens with one attached hydrogen (secondary N) is 1. The van der Waals surface area contributed by atoms with E-state index in [1.165, 1.54) is 19.3 Å². The van der Waals surface area contributed by atoms with Gasteiger partial charge >= 0.3 is 0 Å². The van der Waals surface area contributed by atoms with Gasteiger partial charge in [-0.05, 0) is 31.4 Å². The van der Waals surface area contributed by atoms with Crippen molar-refractivity contribution in [2.24, 2.45) is 7.05 Å². The molecule has 1 saturated carbocycles. The summed E-state index contributed by atoms with van der Waals surface area (Å²) in [6, 6.07) is 8.92. The molecule has 2 aromatic rings. The lowest BCUT2D eigenvalue weighted by Gasteiger charge is -2.28. The van der Waals surface area contributed by atoms with E-state index in [2.05, 4.69) is 33.7 Å². The van der Waals surface area contributed by atoms with Gasteiger partial charge in [0.25, 0.3) is 0 Å². The van der Waals surface area contributed by atoms with Crippen LogP contribution in [0.1, 0.15) is 19.3 Å². The van der Waals surface area contributed by atoms with Gasteiger partial charge in [0.05, 0.1) is 0 Å². The minimum atomic E-state index is 0.629. The number of aryl methyl sites for hydroxylation is 1. The molecule has 17 heavy (non-hydrogen) atoms. The van der Waals surface area contributed by atoms with Crippen LogP contribution in [0.5, 0.6) is 0 Å². The summed E-state index contributed by atoms with van der Waals surface area (Å²) in [6.45, 7) is 0. The highest BCUT2D eigenvalue weighted by atomic mass is 15.2. The van der Waals surface area contributed by atoms with Crippen molar-refractivity contribution in [3.8, 4) is 11.4 Å². The molecule has 0 saturated heterocycles. The second-order valence-corrected chi connectivity index (χ2v) is 4.58. The molecule has 1 aromatic carbocycles. The van der Waals surface area contributed by atoms with Crippen LogP contribution in [0.15, 0.2) is 30.6 Å². The molecule has 1 N–H and O–H groups in total. The predicted molar refractivity (Wildman–Crippen MR) is 67.7 cm³/mol. The average molecular weight is 228 g/mol. The molecule has 0 amide bonds. The van der Waals surface area contributed by atoms with Crippen LogP contribution in [0.2, 0.25) is 0 Å². The van der Waals surface area contributed by atoms with Crippen LogP contribution < -0.4 is 5.32 Å². The predicted octanol–water partition coefficient (Wildman–Crippen LogP) is 2.45. The van der Waals surface area contributed by atoms with Crippen molar-refractivity contribution in [3.63, 3.8) is 0 Å². The Bertz CT molecular complexity index is 514. The van der Waals surface area contributed by atoms with Gasteiger partial charge in [-0.15, -0.1) is 10.2 Å². The highest BCUT2D eigenvalue weighted by Gasteiger charge is 2.19. The van der Waals surface area contributed by atoms with Crippen molar-refractivity contribution in [2.75, 3.05) is 5.32 Å². The lowest BCUT2D eigenvalue weighted by atomic mass is 9.92. The van der Waals surface area contributed by atoms with Crippen molar-refractivity contribution in [1.29, 1.82) is 0 Å². The highest BCUT2D eigenvalue weighted by molar-refractivity contribution is 5.73. The first-order chi connectivity index (χ1) is 8.34. The van der Waals surface area contributed by atoms with E-state index in [1.54, 1.807) is 6.33 Å². The zero-order chi connectivity index (χ0) is 11.7. The number of nitrogens with zero attached hydrogens (tertiary/aromatic N) is 3. The topological polar surface area (TPSA) is 42.7 Å². The van der Waals surface area contributed by atoms with Gasteiger partial charge in [-0.2, -0.15) is 0 Å². The van der Waals surface area contributed by atoms with E-state index >= 15 is 0 Å². The van der Waals surface area contributed by atoms with Gasteiger partial charge in [0.15, 0.2) is 5.82 Å². The normalized spacial score (nSPS) is 15.6. The molecule has 3 rings (SSSR count). The molecular formula is C13H16N4. The van der Waals surface area contributed by atoms with E-state index < -0.39 is 0 Å². The number of hydrogen-bond acceptors (Lipinski definition) is 3. The Balaban J connectivity index is 1.95. The van der Waals surface area contributed by atoms with E-state index in [9.17, 15) is 0 Å². The first-order valence-electron chi connectivity index (χ1n) is 6.04. The van der Waals surface area contributed by atoms with Crippen molar-refractivity contribution >= 4 is 5.69 Å². The summed E-state index contributed by atoms with van der Waals surface area (Å²) in [5, 5.41) is 11.7. The van der Waals surface area contributed by atoms with Crippen LogP contribution in [-0.2, 0) is 7.05 Å². The molecule has 0 atom stereocenters. The van der Waals surface area contributed by atoms with E-state index in [-0.39, 0.29) is 0 Å². The number of aromatic nitrogens is 3. The van der Waals surface area contributed by atoms with Crippen LogP contribution >= 0.6 is 0 Å². The average Bonchev–Trinajstić information content (AvgIpc) is 2.70. The van der Waals surface area contributed by atoms with Crippen LogP contribution in [0.4, 0.5) is 5.69 Å². The first kappa shape index (κ1) is 10.3. The van der Waals surface area contributed by atoms with Gasteiger partial charge in [-0.25, -0.2) is 0 Å². The molecule has 0 spiro atoms. The summed E-state index contributed by atoms with van der Waals surface area (Å²) >= 11 is 0. The summed E-state index contributed by atoms with van der Waals surface area (Å²) in [6.07, 6.45) is 5.61. The maximum absolute atomic E-state index is 4.17. The smallest absolute Gasteiger partial charge is 0.165 e. The van der Waals surface area contributed by atoms with Gasteiger partial charge in [0.1, 0.15) is 6.33 Å². The van der Waals surface area contributed by atoms with Gasteiger partial charge < -0.3 is 9.88 Å². The Labute approximate surface area is 101 Å². The molecule has 1 aliphatic carbocycles. The summed E-state index contributed by atoms with van der Waals surface area (Å²) in [5.74, 6) is 0.910. The third kappa shape index (κ3) is 1.90. The van der Waals surface area contributed by atoms with Gasteiger partial charge in [-0.3, -0.25) is 0 Å². The number of hydrogen-bond donors (Lipinski definition) is 1. The zero-order valence-electron chi connectivity index (χ0n) is 9.93. The van der Waals surface area contributed by atoms with E-state index in [0.29, 0.717) is 6.04 Å². The molecule has 88 valence electrons. The van der Waals surface area contributed by atoms with Crippen molar-refractivity contribution in [3.05, 3.63) is 30.6 Å². The third-order valence-electron chi connectivity index (χ3n) is 3.34. The Kier molecular flexibility index (Phi) is 2.55. The number of benzene rings is 1. The molecule has 1 heterocycles. The Hall–Kier alpha value is -1.84. The number of para-hydroxylation sites is 1. The third-order valence-corrected chi connectivity index (χ3v) is 3.34. The van der Waals surface area contributed by atoms with Gasteiger partial charge in [-0.1, -0.05) is 12.1 Å². The van der Waals surface area contributed by atoms with Gasteiger partial charge in [0, 0.05) is 24.3 Å². The number of anilines is 1. The van der Waals surface area contributed by atoms with E-state index in [4.69, 9.17) is 0 Å². The van der Waals surface area contributed by atoms with Crippen LogP contribution in [0.25, 0.3) is 11.4 Å². The van der Waals surface area contributed by atoms with E-state index in [1.807, 2.05) is 17.7 Å². The minimum Gasteiger partial charge on any atom is -0.382 e. The summed E-state index contributed by atoms with van der Waals surface area (Å²) in [5.41, 5.74) is 2.28. The SMILES string of the molecule is Cn1cnnc1-c1ccccc1NC1CCC1. The highest BCUT2D eigenvalue weighted by Crippen LogP contribution is 2.29. The van der Waals surface area contributed by atoms with Gasteiger partial charge in [0.2, 0.25) is 0 Å². The zero-order valence-corrected chi connectivity index (χ0v) is 9.93. The molecule has 0 bridgehead atoms. The maximum Gasteiger partial charge on any atom is 0.165 e. The Morgan fingerprint density at radius 2 is 2.12 bits per heavy atom. The molecule has 0 radical (unpaired) electrons. The summed E-state index contributed by atoms with van der Waals surface area (Å²) < 4.78 is 1.95. The summed E-state index contributed by atoms with van der Waals surface area (Å²) in [7, 11) is 1.97. The van der Waals surface area contributed by atoms with Crippen LogP contribution in [-0.4, -0.2) is 20.8 Å². The Morgan fingerprint density at radius 3 is 2.76 bits per heavy atom. The van der Waals surface area contributed by atoms with Crippen molar-refractivity contribution < 1.29 is 0 Å². The Morgan fingerprint density at radius 1 is 1.29 bits per heavy atom. The fourth-order valence-electron chi connectivity index (χ4n) is 2.10. The molecule has 1 aromatic heterocycles. The second-order valence-electron chi connectivity index (χ2n) is 4.58. The van der Waals surface area contributed by atoms with Crippen molar-refractivity contribution in [2.45, 2.75) is 25.3 Å². The standard InChI is InChI=1S/C13H16N4/c1-17-9-14-16-13(17)11-7-2-3-8-12(11)15-10-5-4-6-10/h2-3,7-10,15H,4-6H2,1H3. The lowest BCUT2D eigenvalue weighted by Crippen LogP contribution is -2.27. The molecule has 1 fully saturated rings. The minimum absolute atomic E-state index is 0.629. The fraction of sp³-hybridized carbons (Fsp3) is 0.385.